The highest BCUT2D eigenvalue weighted by atomic mass is 35.5. The molecule has 0 saturated heterocycles. The van der Waals surface area contributed by atoms with Crippen molar-refractivity contribution in [3.8, 4) is 5.69 Å². The first-order valence-corrected chi connectivity index (χ1v) is 11.4. The summed E-state index contributed by atoms with van der Waals surface area (Å²) in [6.45, 7) is 2.12. The number of benzene rings is 1. The summed E-state index contributed by atoms with van der Waals surface area (Å²) in [6.07, 6.45) is -4.14. The van der Waals surface area contributed by atoms with Crippen molar-refractivity contribution in [2.75, 3.05) is 13.3 Å². The number of amides is 1. The number of amidine groups is 1. The molecule has 0 spiro atoms. The molecule has 0 radical (unpaired) electrons. The minimum absolute atomic E-state index is 0.0304. The first-order valence-electron chi connectivity index (χ1n) is 9.49. The molecule has 2 aromatic rings. The fourth-order valence-corrected chi connectivity index (χ4v) is 4.35. The minimum atomic E-state index is -5.35. The molecule has 1 aliphatic heterocycles. The molecule has 18 heteroatoms. The number of hydrogen-bond donors (Lipinski definition) is 0. The predicted octanol–water partition coefficient (Wildman–Crippen LogP) is 5.02. The number of carbonyl (C=O) groups excluding carboxylic acids is 1. The van der Waals surface area contributed by atoms with Gasteiger partial charge in [-0.3, -0.25) is 9.69 Å². The molecule has 3 rings (SSSR count). The van der Waals surface area contributed by atoms with Crippen LogP contribution in [-0.4, -0.2) is 55.9 Å². The zero-order valence-corrected chi connectivity index (χ0v) is 20.3. The predicted molar refractivity (Wildman–Crippen MR) is 116 cm³/mol. The number of carbonyl (C=O) groups is 1. The fourth-order valence-electron chi connectivity index (χ4n) is 2.86. The molecule has 1 unspecified atom stereocenters. The molecule has 0 N–H and O–H groups in total. The number of halogens is 8. The topological polar surface area (TPSA) is 98.4 Å². The van der Waals surface area contributed by atoms with Crippen molar-refractivity contribution in [3.63, 3.8) is 0 Å². The Morgan fingerprint density at radius 1 is 1.25 bits per heavy atom. The van der Waals surface area contributed by atoms with Gasteiger partial charge in [-0.05, 0) is 19.1 Å². The van der Waals surface area contributed by atoms with Gasteiger partial charge in [0.1, 0.15) is 10.6 Å². The quantitative estimate of drug-likeness (QED) is 0.272. The second-order valence-corrected chi connectivity index (χ2v) is 8.95. The van der Waals surface area contributed by atoms with E-state index in [-0.39, 0.29) is 6.61 Å². The number of aliphatic imine (C=N–C) groups is 1. The van der Waals surface area contributed by atoms with Crippen LogP contribution in [0.5, 0.6) is 0 Å². The van der Waals surface area contributed by atoms with Crippen LogP contribution in [0.15, 0.2) is 27.2 Å². The molecule has 1 atom stereocenters. The van der Waals surface area contributed by atoms with Crippen LogP contribution in [-0.2, 0) is 31.3 Å². The minimum Gasteiger partial charge on any atom is -0.483 e. The van der Waals surface area contributed by atoms with Gasteiger partial charge in [0, 0.05) is 6.92 Å². The summed E-state index contributed by atoms with van der Waals surface area (Å²) in [5.74, 6) is -2.08. The van der Waals surface area contributed by atoms with Crippen molar-refractivity contribution in [2.24, 2.45) is 10.1 Å². The zero-order chi connectivity index (χ0) is 27.0. The van der Waals surface area contributed by atoms with Crippen LogP contribution in [0.3, 0.4) is 0 Å². The van der Waals surface area contributed by atoms with Crippen molar-refractivity contribution < 1.29 is 44.9 Å². The molecule has 1 amide bonds. The van der Waals surface area contributed by atoms with Gasteiger partial charge in [0.15, 0.2) is 35.4 Å². The van der Waals surface area contributed by atoms with Gasteiger partial charge in [-0.15, -0.1) is 0 Å². The van der Waals surface area contributed by atoms with E-state index in [1.54, 1.807) is 0 Å². The van der Waals surface area contributed by atoms with Crippen LogP contribution in [0.4, 0.5) is 32.2 Å². The van der Waals surface area contributed by atoms with Gasteiger partial charge in [-0.2, -0.15) is 36.4 Å². The zero-order valence-electron chi connectivity index (χ0n) is 17.9. The van der Waals surface area contributed by atoms with Crippen molar-refractivity contribution in [1.82, 2.24) is 14.7 Å². The Kier molecular flexibility index (Phi) is 7.90. The summed E-state index contributed by atoms with van der Waals surface area (Å²) in [5.41, 5.74) is -7.89. The summed E-state index contributed by atoms with van der Waals surface area (Å²) in [5, 5.41) is 6.09. The molecule has 0 saturated carbocycles. The molecule has 0 aliphatic carbocycles. The second kappa shape index (κ2) is 10.3. The Bertz CT molecular complexity index is 1250. The standard InChI is InChI=1S/C18H13Cl2F6N5O4S/c1-3-34-6-27-16-14(36(33)18(24,25)26)12(15-29-35-7-30(15)8(2)32)28-31(16)13-10(19)4-9(5-11(13)20)17(21,22)23/h4-6H,3,7H2,1-2H3. The lowest BCUT2D eigenvalue weighted by Crippen LogP contribution is -2.34. The first kappa shape index (κ1) is 27.7. The normalized spacial score (nSPS) is 15.3. The third-order valence-corrected chi connectivity index (χ3v) is 6.12. The van der Waals surface area contributed by atoms with E-state index in [0.29, 0.717) is 23.2 Å². The van der Waals surface area contributed by atoms with Gasteiger partial charge in [0.2, 0.25) is 11.7 Å². The molecule has 1 aliphatic rings. The Balaban J connectivity index is 2.41. The lowest BCUT2D eigenvalue weighted by atomic mass is 10.2. The van der Waals surface area contributed by atoms with Crippen molar-refractivity contribution in [3.05, 3.63) is 33.4 Å². The van der Waals surface area contributed by atoms with Crippen molar-refractivity contribution in [1.29, 1.82) is 0 Å². The van der Waals surface area contributed by atoms with Crippen molar-refractivity contribution in [2.45, 2.75) is 30.4 Å². The molecule has 196 valence electrons. The number of ether oxygens (including phenoxy) is 1. The molecule has 0 bridgehead atoms. The summed E-state index contributed by atoms with van der Waals surface area (Å²) >= 11 is 12.1. The third-order valence-electron chi connectivity index (χ3n) is 4.37. The van der Waals surface area contributed by atoms with E-state index < -0.39 is 78.7 Å². The van der Waals surface area contributed by atoms with Crippen LogP contribution in [0.25, 0.3) is 5.69 Å². The SMILES string of the molecule is CCOC=Nc1c(S(=O)C(F)(F)F)c(C2=NOCN2C(C)=O)nn1-c1c(Cl)cc(C(F)(F)F)cc1Cl. The highest BCUT2D eigenvalue weighted by molar-refractivity contribution is 7.86. The molecule has 1 aromatic carbocycles. The summed E-state index contributed by atoms with van der Waals surface area (Å²) in [4.78, 5) is 20.2. The summed E-state index contributed by atoms with van der Waals surface area (Å²) < 4.78 is 98.5. The van der Waals surface area contributed by atoms with Gasteiger partial charge in [-0.1, -0.05) is 28.4 Å². The maximum absolute atomic E-state index is 13.6. The molecule has 1 aromatic heterocycles. The van der Waals surface area contributed by atoms with E-state index in [9.17, 15) is 35.3 Å². The number of aromatic nitrogens is 2. The molecule has 36 heavy (non-hydrogen) atoms. The highest BCUT2D eigenvalue weighted by Crippen LogP contribution is 2.42. The highest BCUT2D eigenvalue weighted by Gasteiger charge is 2.45. The molecule has 2 heterocycles. The number of nitrogens with zero attached hydrogens (tertiary/aromatic N) is 5. The second-order valence-electron chi connectivity index (χ2n) is 6.72. The monoisotopic (exact) mass is 579 g/mol. The van der Waals surface area contributed by atoms with E-state index in [1.807, 2.05) is 0 Å². The van der Waals surface area contributed by atoms with Gasteiger partial charge in [-0.25, -0.2) is 8.89 Å². The molecule has 0 fully saturated rings. The maximum Gasteiger partial charge on any atom is 0.476 e. The average molecular weight is 580 g/mol. The average Bonchev–Trinajstić information content (AvgIpc) is 3.37. The van der Waals surface area contributed by atoms with E-state index in [1.165, 1.54) is 6.92 Å². The largest absolute Gasteiger partial charge is 0.483 e. The van der Waals surface area contributed by atoms with Gasteiger partial charge >= 0.3 is 11.7 Å². The Hall–Kier alpha value is -2.85. The van der Waals surface area contributed by atoms with Crippen LogP contribution in [0.1, 0.15) is 25.1 Å². The Morgan fingerprint density at radius 3 is 2.36 bits per heavy atom. The number of oxime groups is 1. The third kappa shape index (κ3) is 5.44. The van der Waals surface area contributed by atoms with E-state index >= 15 is 0 Å². The van der Waals surface area contributed by atoms with E-state index in [4.69, 9.17) is 32.8 Å². The van der Waals surface area contributed by atoms with Crippen molar-refractivity contribution >= 4 is 58.0 Å². The lowest BCUT2D eigenvalue weighted by molar-refractivity contribution is -0.137. The Morgan fingerprint density at radius 2 is 1.86 bits per heavy atom. The van der Waals surface area contributed by atoms with Crippen LogP contribution < -0.4 is 0 Å². The van der Waals surface area contributed by atoms with Crippen LogP contribution in [0, 0.1) is 0 Å². The molecule has 9 nitrogen and oxygen atoms in total. The van der Waals surface area contributed by atoms with Crippen LogP contribution in [0.2, 0.25) is 10.0 Å². The smallest absolute Gasteiger partial charge is 0.476 e. The summed E-state index contributed by atoms with van der Waals surface area (Å²) in [6, 6.07) is 0.942. The lowest BCUT2D eigenvalue weighted by Gasteiger charge is -2.13. The number of alkyl halides is 6. The van der Waals surface area contributed by atoms with Gasteiger partial charge in [0.25, 0.3) is 0 Å². The summed E-state index contributed by atoms with van der Waals surface area (Å²) in [7, 11) is -3.83. The molecular weight excluding hydrogens is 567 g/mol. The van der Waals surface area contributed by atoms with Gasteiger partial charge in [0.05, 0.1) is 22.2 Å². The van der Waals surface area contributed by atoms with E-state index in [0.717, 1.165) is 11.8 Å². The van der Waals surface area contributed by atoms with Gasteiger partial charge < -0.3 is 9.57 Å². The number of rotatable bonds is 6. The molecular formula is C18H13Cl2F6N5O4S. The fraction of sp³-hybridized carbons (Fsp3) is 0.333. The van der Waals surface area contributed by atoms with Crippen LogP contribution >= 0.6 is 23.2 Å². The maximum atomic E-state index is 13.6. The number of hydrogen-bond acceptors (Lipinski definition) is 7. The Labute approximate surface area is 210 Å². The first-order chi connectivity index (χ1) is 16.7. The van der Waals surface area contributed by atoms with E-state index in [2.05, 4.69) is 15.2 Å².